The maximum Gasteiger partial charge on any atom is 0.109 e. The van der Waals surface area contributed by atoms with E-state index >= 15 is 0 Å². The first-order valence-corrected chi connectivity index (χ1v) is 4.61. The Hall–Kier alpha value is -0.240. The van der Waals surface area contributed by atoms with Gasteiger partial charge in [-0.2, -0.15) is 0 Å². The molecule has 0 aromatic carbocycles. The van der Waals surface area contributed by atoms with Gasteiger partial charge in [0.1, 0.15) is 12.2 Å². The van der Waals surface area contributed by atoms with Gasteiger partial charge in [-0.15, -0.1) is 0 Å². The molecule has 1 heterocycles. The van der Waals surface area contributed by atoms with Gasteiger partial charge >= 0.3 is 0 Å². The van der Waals surface area contributed by atoms with Crippen molar-refractivity contribution in [3.8, 4) is 0 Å². The van der Waals surface area contributed by atoms with Gasteiger partial charge in [0.05, 0.1) is 25.4 Å². The lowest BCUT2D eigenvalue weighted by Crippen LogP contribution is -2.62. The molecule has 1 unspecified atom stereocenters. The molecule has 1 aliphatic heterocycles. The number of aliphatic hydroxyl groups excluding tert-OH is 5. The maximum atomic E-state index is 9.51. The van der Waals surface area contributed by atoms with Crippen molar-refractivity contribution in [1.29, 1.82) is 0 Å². The summed E-state index contributed by atoms with van der Waals surface area (Å²) in [5.41, 5.74) is 0. The largest absolute Gasteiger partial charge is 0.395 e. The van der Waals surface area contributed by atoms with Gasteiger partial charge in [0.25, 0.3) is 0 Å². The van der Waals surface area contributed by atoms with Gasteiger partial charge < -0.3 is 25.5 Å². The zero-order valence-corrected chi connectivity index (χ0v) is 7.82. The molecule has 0 bridgehead atoms. The highest BCUT2D eigenvalue weighted by Crippen LogP contribution is 2.18. The molecule has 1 saturated heterocycles. The molecule has 1 rings (SSSR count). The zero-order chi connectivity index (χ0) is 10.7. The van der Waals surface area contributed by atoms with E-state index in [-0.39, 0.29) is 26.3 Å². The van der Waals surface area contributed by atoms with Crippen molar-refractivity contribution >= 4 is 0 Å². The van der Waals surface area contributed by atoms with Crippen molar-refractivity contribution in [2.45, 2.75) is 24.4 Å². The van der Waals surface area contributed by atoms with E-state index in [1.807, 2.05) is 0 Å². The van der Waals surface area contributed by atoms with Crippen LogP contribution in [0.1, 0.15) is 0 Å². The minimum atomic E-state index is -1.23. The van der Waals surface area contributed by atoms with E-state index in [4.69, 9.17) is 10.2 Å². The van der Waals surface area contributed by atoms with Gasteiger partial charge in [0.2, 0.25) is 0 Å². The second-order valence-corrected chi connectivity index (χ2v) is 3.52. The molecule has 14 heavy (non-hydrogen) atoms. The van der Waals surface area contributed by atoms with Crippen LogP contribution in [0, 0.1) is 0 Å². The Kier molecular flexibility index (Phi) is 4.24. The maximum absolute atomic E-state index is 9.51. The smallest absolute Gasteiger partial charge is 0.109 e. The van der Waals surface area contributed by atoms with E-state index in [2.05, 4.69) is 0 Å². The summed E-state index contributed by atoms with van der Waals surface area (Å²) in [4.78, 5) is 1.56. The first kappa shape index (κ1) is 11.8. The summed E-state index contributed by atoms with van der Waals surface area (Å²) in [5, 5.41) is 45.9. The van der Waals surface area contributed by atoms with Gasteiger partial charge in [-0.05, 0) is 0 Å². The summed E-state index contributed by atoms with van der Waals surface area (Å²) < 4.78 is 0. The van der Waals surface area contributed by atoms with Crippen molar-refractivity contribution in [2.75, 3.05) is 26.3 Å². The predicted molar refractivity (Wildman–Crippen MR) is 47.6 cm³/mol. The molecule has 6 heteroatoms. The molecule has 5 N–H and O–H groups in total. The first-order chi connectivity index (χ1) is 6.61. The SMILES string of the molecule is OCCN1C[C@H](O)[C@@H](O)[C@H](O)C1CO. The summed E-state index contributed by atoms with van der Waals surface area (Å²) in [6, 6.07) is -0.624. The number of hydrogen-bond donors (Lipinski definition) is 5. The summed E-state index contributed by atoms with van der Waals surface area (Å²) >= 11 is 0. The molecule has 4 atom stereocenters. The Labute approximate surface area is 82.0 Å². The van der Waals surface area contributed by atoms with Crippen LogP contribution in [0.2, 0.25) is 0 Å². The Bertz CT molecular complexity index is 179. The van der Waals surface area contributed by atoms with E-state index < -0.39 is 24.4 Å². The molecule has 0 aromatic rings. The highest BCUT2D eigenvalue weighted by molar-refractivity contribution is 4.93. The van der Waals surface area contributed by atoms with Crippen molar-refractivity contribution in [3.05, 3.63) is 0 Å². The summed E-state index contributed by atoms with van der Waals surface area (Å²) in [5.74, 6) is 0. The van der Waals surface area contributed by atoms with Crippen LogP contribution < -0.4 is 0 Å². The molecule has 0 aliphatic carbocycles. The fourth-order valence-electron chi connectivity index (χ4n) is 1.76. The summed E-state index contributed by atoms with van der Waals surface area (Å²) in [7, 11) is 0. The van der Waals surface area contributed by atoms with Crippen molar-refractivity contribution in [3.63, 3.8) is 0 Å². The molecule has 0 radical (unpaired) electrons. The van der Waals surface area contributed by atoms with Crippen molar-refractivity contribution in [2.24, 2.45) is 0 Å². The second-order valence-electron chi connectivity index (χ2n) is 3.52. The molecule has 0 amide bonds. The minimum absolute atomic E-state index is 0.119. The highest BCUT2D eigenvalue weighted by Gasteiger charge is 2.40. The first-order valence-electron chi connectivity index (χ1n) is 4.61. The summed E-state index contributed by atoms with van der Waals surface area (Å²) in [6.45, 7) is -0.0347. The van der Waals surface area contributed by atoms with Gasteiger partial charge in [-0.3, -0.25) is 4.90 Å². The van der Waals surface area contributed by atoms with Gasteiger partial charge in [-0.1, -0.05) is 0 Å². The van der Waals surface area contributed by atoms with E-state index in [1.165, 1.54) is 0 Å². The third kappa shape index (κ3) is 2.22. The Balaban J connectivity index is 2.66. The Morgan fingerprint density at radius 1 is 1.07 bits per heavy atom. The van der Waals surface area contributed by atoms with E-state index in [0.29, 0.717) is 0 Å². The quantitative estimate of drug-likeness (QED) is 0.333. The fourth-order valence-corrected chi connectivity index (χ4v) is 1.76. The predicted octanol–water partition coefficient (Wildman–Crippen LogP) is -3.26. The third-order valence-corrected chi connectivity index (χ3v) is 2.60. The summed E-state index contributed by atoms with van der Waals surface area (Å²) in [6.07, 6.45) is -3.46. The lowest BCUT2D eigenvalue weighted by molar-refractivity contribution is -0.146. The highest BCUT2D eigenvalue weighted by atomic mass is 16.4. The van der Waals surface area contributed by atoms with Gasteiger partial charge in [0.15, 0.2) is 0 Å². The number of β-amino-alcohol motifs (C(OH)–C–C–N with tert-alkyl or cyclic N) is 2. The van der Waals surface area contributed by atoms with Gasteiger partial charge in [0, 0.05) is 13.1 Å². The van der Waals surface area contributed by atoms with Crippen LogP contribution in [0.15, 0.2) is 0 Å². The van der Waals surface area contributed by atoms with E-state index in [9.17, 15) is 15.3 Å². The molecular weight excluding hydrogens is 190 g/mol. The zero-order valence-electron chi connectivity index (χ0n) is 7.82. The van der Waals surface area contributed by atoms with Crippen LogP contribution in [0.3, 0.4) is 0 Å². The third-order valence-electron chi connectivity index (χ3n) is 2.60. The normalized spacial score (nSPS) is 40.1. The molecule has 6 nitrogen and oxygen atoms in total. The monoisotopic (exact) mass is 207 g/mol. The molecule has 0 saturated carbocycles. The second kappa shape index (κ2) is 5.01. The van der Waals surface area contributed by atoms with Crippen LogP contribution in [0.4, 0.5) is 0 Å². The van der Waals surface area contributed by atoms with Crippen LogP contribution >= 0.6 is 0 Å². The molecule has 0 spiro atoms. The van der Waals surface area contributed by atoms with Crippen LogP contribution in [-0.2, 0) is 0 Å². The Morgan fingerprint density at radius 3 is 2.21 bits per heavy atom. The number of piperidine rings is 1. The van der Waals surface area contributed by atoms with Crippen molar-refractivity contribution in [1.82, 2.24) is 4.90 Å². The standard InChI is InChI=1S/C8H17NO5/c10-2-1-9-3-6(12)8(14)7(13)5(9)4-11/h5-8,10-14H,1-4H2/t5?,6-,7+,8+/m0/s1. The molecule has 1 aliphatic rings. The minimum Gasteiger partial charge on any atom is -0.395 e. The lowest BCUT2D eigenvalue weighted by atomic mass is 9.94. The lowest BCUT2D eigenvalue weighted by Gasteiger charge is -2.42. The fraction of sp³-hybridized carbons (Fsp3) is 1.00. The molecular formula is C8H17NO5. The molecule has 1 fully saturated rings. The van der Waals surface area contributed by atoms with E-state index in [1.54, 1.807) is 4.90 Å². The number of likely N-dealkylation sites (tertiary alicyclic amines) is 1. The van der Waals surface area contributed by atoms with E-state index in [0.717, 1.165) is 0 Å². The number of aliphatic hydroxyl groups is 5. The van der Waals surface area contributed by atoms with Crippen molar-refractivity contribution < 1.29 is 25.5 Å². The average Bonchev–Trinajstić information content (AvgIpc) is 2.16. The number of nitrogens with zero attached hydrogens (tertiary/aromatic N) is 1. The van der Waals surface area contributed by atoms with Gasteiger partial charge in [-0.25, -0.2) is 0 Å². The van der Waals surface area contributed by atoms with Crippen LogP contribution in [-0.4, -0.2) is 81.1 Å². The average molecular weight is 207 g/mol. The topological polar surface area (TPSA) is 104 Å². The Morgan fingerprint density at radius 2 is 1.71 bits per heavy atom. The van der Waals surface area contributed by atoms with Crippen LogP contribution in [0.25, 0.3) is 0 Å². The van der Waals surface area contributed by atoms with Crippen LogP contribution in [0.5, 0.6) is 0 Å². The number of hydrogen-bond acceptors (Lipinski definition) is 6. The molecule has 84 valence electrons. The molecule has 0 aromatic heterocycles. The number of rotatable bonds is 3.